The smallest absolute Gasteiger partial charge is 0.251 e. The predicted molar refractivity (Wildman–Crippen MR) is 120 cm³/mol. The van der Waals surface area contributed by atoms with Gasteiger partial charge in [0.1, 0.15) is 23.3 Å². The Morgan fingerprint density at radius 3 is 2.32 bits per heavy atom. The van der Waals surface area contributed by atoms with Crippen molar-refractivity contribution in [3.8, 4) is 0 Å². The summed E-state index contributed by atoms with van der Waals surface area (Å²) in [5.41, 5.74) is 7.34. The van der Waals surface area contributed by atoms with Gasteiger partial charge in [0.05, 0.1) is 18.0 Å². The van der Waals surface area contributed by atoms with E-state index in [1.54, 1.807) is 18.2 Å². The van der Waals surface area contributed by atoms with Crippen LogP contribution in [-0.2, 0) is 24.4 Å². The second-order valence-electron chi connectivity index (χ2n) is 7.61. The lowest BCUT2D eigenvalue weighted by molar-refractivity contribution is -0.116. The number of anilines is 1. The molecule has 0 aliphatic carbocycles. The maximum atomic E-state index is 13.9. The zero-order valence-corrected chi connectivity index (χ0v) is 18.5. The molecule has 0 saturated heterocycles. The van der Waals surface area contributed by atoms with E-state index in [9.17, 15) is 27.2 Å². The topological polar surface area (TPSA) is 75.4 Å². The summed E-state index contributed by atoms with van der Waals surface area (Å²) < 4.78 is 54.2. The Bertz CT molecular complexity index is 1240. The highest BCUT2D eigenvalue weighted by atomic mass is 32.2. The second kappa shape index (κ2) is 9.86. The Kier molecular flexibility index (Phi) is 6.90. The SMILES string of the molecule is NCc1cc(C(=O)NCc2c(F)cc(F)cc2F)cc2c1SCC(=O)N2Cc1ccc(F)cc1. The molecule has 2 amide bonds. The molecular weight excluding hydrogens is 470 g/mol. The summed E-state index contributed by atoms with van der Waals surface area (Å²) in [6.07, 6.45) is 0. The Morgan fingerprint density at radius 1 is 1.00 bits per heavy atom. The van der Waals surface area contributed by atoms with Crippen molar-refractivity contribution in [1.82, 2.24) is 5.32 Å². The quantitative estimate of drug-likeness (QED) is 0.507. The first-order valence-corrected chi connectivity index (χ1v) is 11.2. The lowest BCUT2D eigenvalue weighted by Gasteiger charge is -2.31. The van der Waals surface area contributed by atoms with E-state index in [0.717, 1.165) is 4.90 Å². The molecule has 0 radical (unpaired) electrons. The molecule has 1 heterocycles. The van der Waals surface area contributed by atoms with E-state index in [1.807, 2.05) is 0 Å². The third-order valence-electron chi connectivity index (χ3n) is 5.35. The number of nitrogens with zero attached hydrogens (tertiary/aromatic N) is 1. The minimum absolute atomic E-state index is 0.0935. The molecule has 0 unspecified atom stereocenters. The first-order valence-electron chi connectivity index (χ1n) is 10.2. The number of amides is 2. The van der Waals surface area contributed by atoms with Crippen molar-refractivity contribution in [2.75, 3.05) is 10.7 Å². The molecule has 0 atom stereocenters. The van der Waals surface area contributed by atoms with Gasteiger partial charge in [-0.1, -0.05) is 12.1 Å². The monoisotopic (exact) mass is 489 g/mol. The number of hydrogen-bond donors (Lipinski definition) is 2. The fraction of sp³-hybridized carbons (Fsp3) is 0.167. The minimum atomic E-state index is -1.11. The van der Waals surface area contributed by atoms with Crippen LogP contribution >= 0.6 is 11.8 Å². The van der Waals surface area contributed by atoms with Crippen molar-refractivity contribution in [1.29, 1.82) is 0 Å². The molecule has 176 valence electrons. The van der Waals surface area contributed by atoms with Crippen LogP contribution in [0.2, 0.25) is 0 Å². The van der Waals surface area contributed by atoms with Crippen molar-refractivity contribution in [3.63, 3.8) is 0 Å². The maximum Gasteiger partial charge on any atom is 0.251 e. The number of benzene rings is 3. The Hall–Kier alpha value is -3.37. The van der Waals surface area contributed by atoms with Crippen LogP contribution in [0.15, 0.2) is 53.4 Å². The average Bonchev–Trinajstić information content (AvgIpc) is 2.80. The molecule has 0 fully saturated rings. The molecule has 3 aromatic rings. The Balaban J connectivity index is 1.63. The highest BCUT2D eigenvalue weighted by Gasteiger charge is 2.28. The number of carbonyl (C=O) groups excluding carboxylic acids is 2. The molecule has 1 aliphatic rings. The molecule has 1 aliphatic heterocycles. The molecule has 4 rings (SSSR count). The van der Waals surface area contributed by atoms with Crippen molar-refractivity contribution < 1.29 is 27.2 Å². The average molecular weight is 489 g/mol. The van der Waals surface area contributed by atoms with Crippen LogP contribution in [0.1, 0.15) is 27.0 Å². The molecule has 0 spiro atoms. The molecule has 0 saturated carbocycles. The summed E-state index contributed by atoms with van der Waals surface area (Å²) in [4.78, 5) is 27.8. The number of nitrogens with two attached hydrogens (primary N) is 1. The molecule has 34 heavy (non-hydrogen) atoms. The summed E-state index contributed by atoms with van der Waals surface area (Å²) in [5.74, 6) is -4.35. The summed E-state index contributed by atoms with van der Waals surface area (Å²) in [7, 11) is 0. The van der Waals surface area contributed by atoms with E-state index >= 15 is 0 Å². The van der Waals surface area contributed by atoms with Gasteiger partial charge in [-0.25, -0.2) is 17.6 Å². The van der Waals surface area contributed by atoms with Gasteiger partial charge in [0.15, 0.2) is 0 Å². The van der Waals surface area contributed by atoms with E-state index in [4.69, 9.17) is 5.73 Å². The van der Waals surface area contributed by atoms with Crippen LogP contribution in [0.25, 0.3) is 0 Å². The van der Waals surface area contributed by atoms with Crippen LogP contribution in [0.3, 0.4) is 0 Å². The second-order valence-corrected chi connectivity index (χ2v) is 8.60. The number of hydrogen-bond acceptors (Lipinski definition) is 4. The van der Waals surface area contributed by atoms with Crippen molar-refractivity contribution in [2.24, 2.45) is 5.73 Å². The van der Waals surface area contributed by atoms with Crippen LogP contribution in [-0.4, -0.2) is 17.6 Å². The zero-order valence-electron chi connectivity index (χ0n) is 17.7. The van der Waals surface area contributed by atoms with Gasteiger partial charge < -0.3 is 16.0 Å². The first kappa shape index (κ1) is 23.8. The van der Waals surface area contributed by atoms with Gasteiger partial charge in [-0.15, -0.1) is 11.8 Å². The summed E-state index contributed by atoms with van der Waals surface area (Å²) in [5, 5.41) is 2.42. The number of halogens is 4. The lowest BCUT2D eigenvalue weighted by Crippen LogP contribution is -2.35. The van der Waals surface area contributed by atoms with E-state index in [0.29, 0.717) is 28.9 Å². The number of fused-ring (bicyclic) bond motifs is 1. The molecular formula is C24H19F4N3O2S. The van der Waals surface area contributed by atoms with Crippen molar-refractivity contribution in [3.05, 3.63) is 94.1 Å². The summed E-state index contributed by atoms with van der Waals surface area (Å²) in [6, 6.07) is 9.86. The highest BCUT2D eigenvalue weighted by molar-refractivity contribution is 8.00. The van der Waals surface area contributed by atoms with Gasteiger partial charge in [-0.05, 0) is 35.4 Å². The number of carbonyl (C=O) groups is 2. The normalized spacial score (nSPS) is 13.1. The first-order chi connectivity index (χ1) is 16.3. The van der Waals surface area contributed by atoms with Gasteiger partial charge in [-0.2, -0.15) is 0 Å². The van der Waals surface area contributed by atoms with Crippen LogP contribution < -0.4 is 16.0 Å². The maximum absolute atomic E-state index is 13.9. The van der Waals surface area contributed by atoms with E-state index in [2.05, 4.69) is 5.32 Å². The van der Waals surface area contributed by atoms with Gasteiger partial charge >= 0.3 is 0 Å². The van der Waals surface area contributed by atoms with Crippen LogP contribution in [0.5, 0.6) is 0 Å². The third kappa shape index (κ3) is 4.92. The standard InChI is InChI=1S/C24H19F4N3O2S/c25-16-3-1-13(2-4-16)11-31-21-6-14(5-15(9-29)23(21)34-12-22(31)32)24(33)30-10-18-19(27)7-17(26)8-20(18)28/h1-8H,9-12,29H2,(H,30,33). The lowest BCUT2D eigenvalue weighted by atomic mass is 10.1. The van der Waals surface area contributed by atoms with E-state index in [1.165, 1.54) is 34.9 Å². The van der Waals surface area contributed by atoms with E-state index < -0.39 is 41.3 Å². The number of rotatable bonds is 6. The zero-order chi connectivity index (χ0) is 24.4. The van der Waals surface area contributed by atoms with Gasteiger partial charge in [0, 0.05) is 41.2 Å². The fourth-order valence-corrected chi connectivity index (χ4v) is 4.69. The Morgan fingerprint density at radius 2 is 1.68 bits per heavy atom. The molecule has 0 bridgehead atoms. The summed E-state index contributed by atoms with van der Waals surface area (Å²) in [6.45, 7) is -0.247. The van der Waals surface area contributed by atoms with E-state index in [-0.39, 0.29) is 30.3 Å². The fourth-order valence-electron chi connectivity index (χ4n) is 3.63. The third-order valence-corrected chi connectivity index (χ3v) is 6.50. The van der Waals surface area contributed by atoms with Gasteiger partial charge in [-0.3, -0.25) is 9.59 Å². The largest absolute Gasteiger partial charge is 0.348 e. The molecule has 10 heteroatoms. The molecule has 0 aromatic heterocycles. The van der Waals surface area contributed by atoms with Crippen molar-refractivity contribution in [2.45, 2.75) is 24.5 Å². The van der Waals surface area contributed by atoms with Gasteiger partial charge in [0.25, 0.3) is 5.91 Å². The summed E-state index contributed by atoms with van der Waals surface area (Å²) >= 11 is 1.30. The predicted octanol–water partition coefficient (Wildman–Crippen LogP) is 4.27. The molecule has 3 N–H and O–H groups in total. The van der Waals surface area contributed by atoms with Crippen LogP contribution in [0, 0.1) is 23.3 Å². The number of thioether (sulfide) groups is 1. The van der Waals surface area contributed by atoms with Crippen LogP contribution in [0.4, 0.5) is 23.2 Å². The molecule has 5 nitrogen and oxygen atoms in total. The molecule has 3 aromatic carbocycles. The minimum Gasteiger partial charge on any atom is -0.348 e. The highest BCUT2D eigenvalue weighted by Crippen LogP contribution is 2.39. The Labute approximate surface area is 196 Å². The van der Waals surface area contributed by atoms with Gasteiger partial charge in [0.2, 0.25) is 5.91 Å². The van der Waals surface area contributed by atoms with Crippen molar-refractivity contribution >= 4 is 29.3 Å². The number of nitrogens with one attached hydrogen (secondary N) is 1.